The molecule has 1 amide bonds. The van der Waals surface area contributed by atoms with Crippen LogP contribution in [0.15, 0.2) is 17.0 Å². The Balaban J connectivity index is 2.41. The predicted molar refractivity (Wildman–Crippen MR) is 94.5 cm³/mol. The zero-order valence-corrected chi connectivity index (χ0v) is 15.9. The van der Waals surface area contributed by atoms with Gasteiger partial charge in [-0.3, -0.25) is 9.59 Å². The maximum absolute atomic E-state index is 12.8. The normalized spacial score (nSPS) is 23.9. The smallest absolute Gasteiger partial charge is 0.308 e. The van der Waals surface area contributed by atoms with Crippen LogP contribution in [0.5, 0.6) is 0 Å². The monoisotopic (exact) mass is 367 g/mol. The standard InChI is InChI=1S/C18H25NO5S/c1-11-9-13(25(4,23)24)10-14(12(11)2)16(20)19-18(3)8-6-5-7-15(18)17(21)22/h9-10,15H,5-8H2,1-4H3,(H,19,20)(H,21,22). The Morgan fingerprint density at radius 2 is 1.88 bits per heavy atom. The van der Waals surface area contributed by atoms with Crippen LogP contribution in [0.4, 0.5) is 0 Å². The Labute approximate surface area is 148 Å². The zero-order valence-electron chi connectivity index (χ0n) is 15.0. The summed E-state index contributed by atoms with van der Waals surface area (Å²) in [5.74, 6) is -1.99. The molecule has 1 aromatic carbocycles. The van der Waals surface area contributed by atoms with Crippen LogP contribution in [0.3, 0.4) is 0 Å². The molecule has 2 N–H and O–H groups in total. The van der Waals surface area contributed by atoms with Crippen molar-refractivity contribution < 1.29 is 23.1 Å². The van der Waals surface area contributed by atoms with Crippen LogP contribution < -0.4 is 5.32 Å². The van der Waals surface area contributed by atoms with E-state index in [1.807, 2.05) is 0 Å². The van der Waals surface area contributed by atoms with Crippen LogP contribution in [0.25, 0.3) is 0 Å². The van der Waals surface area contributed by atoms with Crippen molar-refractivity contribution in [1.82, 2.24) is 5.32 Å². The van der Waals surface area contributed by atoms with E-state index in [2.05, 4.69) is 5.32 Å². The minimum absolute atomic E-state index is 0.0873. The van der Waals surface area contributed by atoms with Gasteiger partial charge in [0, 0.05) is 11.8 Å². The second-order valence-electron chi connectivity index (χ2n) is 7.19. The van der Waals surface area contributed by atoms with Crippen LogP contribution in [0.2, 0.25) is 0 Å². The van der Waals surface area contributed by atoms with Crippen LogP contribution >= 0.6 is 0 Å². The number of carboxylic acid groups (broad SMARTS) is 1. The lowest BCUT2D eigenvalue weighted by molar-refractivity contribution is -0.145. The molecule has 2 unspecified atom stereocenters. The molecule has 25 heavy (non-hydrogen) atoms. The Kier molecular flexibility index (Phi) is 5.27. The van der Waals surface area contributed by atoms with Crippen molar-refractivity contribution in [3.05, 3.63) is 28.8 Å². The fourth-order valence-corrected chi connectivity index (χ4v) is 4.20. The van der Waals surface area contributed by atoms with Crippen LogP contribution in [0, 0.1) is 19.8 Å². The van der Waals surface area contributed by atoms with Gasteiger partial charge >= 0.3 is 5.97 Å². The molecule has 6 nitrogen and oxygen atoms in total. The van der Waals surface area contributed by atoms with Gasteiger partial charge in [-0.25, -0.2) is 8.42 Å². The molecule has 2 atom stereocenters. The van der Waals surface area contributed by atoms with E-state index < -0.39 is 33.2 Å². The Morgan fingerprint density at radius 3 is 2.44 bits per heavy atom. The minimum atomic E-state index is -3.44. The summed E-state index contributed by atoms with van der Waals surface area (Å²) in [4.78, 5) is 24.5. The fraction of sp³-hybridized carbons (Fsp3) is 0.556. The van der Waals surface area contributed by atoms with Gasteiger partial charge in [0.2, 0.25) is 0 Å². The molecule has 0 radical (unpaired) electrons. The summed E-state index contributed by atoms with van der Waals surface area (Å²) in [6.07, 6.45) is 3.88. The lowest BCUT2D eigenvalue weighted by atomic mass is 9.73. The highest BCUT2D eigenvalue weighted by molar-refractivity contribution is 7.90. The van der Waals surface area contributed by atoms with Gasteiger partial charge in [-0.15, -0.1) is 0 Å². The molecule has 138 valence electrons. The first-order valence-corrected chi connectivity index (χ1v) is 10.2. The van der Waals surface area contributed by atoms with Crippen LogP contribution in [-0.2, 0) is 14.6 Å². The van der Waals surface area contributed by atoms with Gasteiger partial charge in [-0.05, 0) is 56.9 Å². The number of hydrogen-bond acceptors (Lipinski definition) is 4. The highest BCUT2D eigenvalue weighted by Gasteiger charge is 2.42. The lowest BCUT2D eigenvalue weighted by Gasteiger charge is -2.40. The summed E-state index contributed by atoms with van der Waals surface area (Å²) in [6, 6.07) is 2.92. The number of sulfone groups is 1. The van der Waals surface area contributed by atoms with Crippen LogP contribution in [0.1, 0.15) is 54.1 Å². The van der Waals surface area contributed by atoms with Crippen molar-refractivity contribution in [2.45, 2.75) is 56.9 Å². The van der Waals surface area contributed by atoms with E-state index in [1.54, 1.807) is 26.8 Å². The average molecular weight is 367 g/mol. The third kappa shape index (κ3) is 4.03. The second kappa shape index (κ2) is 6.78. The maximum atomic E-state index is 12.8. The van der Waals surface area contributed by atoms with Crippen molar-refractivity contribution in [1.29, 1.82) is 0 Å². The number of aryl methyl sites for hydroxylation is 1. The van der Waals surface area contributed by atoms with Crippen molar-refractivity contribution in [3.63, 3.8) is 0 Å². The van der Waals surface area contributed by atoms with E-state index in [0.717, 1.165) is 19.1 Å². The molecule has 0 spiro atoms. The Hall–Kier alpha value is -1.89. The van der Waals surface area contributed by atoms with Crippen molar-refractivity contribution >= 4 is 21.7 Å². The number of carboxylic acids is 1. The number of rotatable bonds is 4. The first kappa shape index (κ1) is 19.4. The molecule has 1 aromatic rings. The van der Waals surface area contributed by atoms with E-state index in [-0.39, 0.29) is 10.5 Å². The third-order valence-electron chi connectivity index (χ3n) is 5.22. The SMILES string of the molecule is Cc1cc(S(C)(=O)=O)cc(C(=O)NC2(C)CCCCC2C(=O)O)c1C. The number of amides is 1. The third-order valence-corrected chi connectivity index (χ3v) is 6.31. The number of nitrogens with one attached hydrogen (secondary N) is 1. The van der Waals surface area contributed by atoms with Gasteiger partial charge < -0.3 is 10.4 Å². The Morgan fingerprint density at radius 1 is 1.24 bits per heavy atom. The molecule has 1 aliphatic carbocycles. The van der Waals surface area contributed by atoms with Gasteiger partial charge in [0.25, 0.3) is 5.91 Å². The first-order chi connectivity index (χ1) is 11.5. The summed E-state index contributed by atoms with van der Waals surface area (Å²) in [6.45, 7) is 5.27. The summed E-state index contributed by atoms with van der Waals surface area (Å²) in [5, 5.41) is 12.4. The predicted octanol–water partition coefficient (Wildman–Crippen LogP) is 2.47. The van der Waals surface area contributed by atoms with Crippen LogP contribution in [-0.4, -0.2) is 37.2 Å². The van der Waals surface area contributed by atoms with Crippen molar-refractivity contribution in [2.75, 3.05) is 6.26 Å². The number of hydrogen-bond donors (Lipinski definition) is 2. The minimum Gasteiger partial charge on any atom is -0.481 e. The largest absolute Gasteiger partial charge is 0.481 e. The number of carbonyl (C=O) groups is 2. The highest BCUT2D eigenvalue weighted by atomic mass is 32.2. The quantitative estimate of drug-likeness (QED) is 0.851. The molecule has 1 aliphatic rings. The van der Waals surface area contributed by atoms with Gasteiger partial charge in [-0.2, -0.15) is 0 Å². The molecule has 0 heterocycles. The van der Waals surface area contributed by atoms with E-state index in [9.17, 15) is 23.1 Å². The Bertz CT molecular complexity index is 815. The molecule has 2 rings (SSSR count). The molecular weight excluding hydrogens is 342 g/mol. The second-order valence-corrected chi connectivity index (χ2v) is 9.21. The molecule has 7 heteroatoms. The average Bonchev–Trinajstić information content (AvgIpc) is 2.48. The van der Waals surface area contributed by atoms with E-state index in [0.29, 0.717) is 24.0 Å². The topological polar surface area (TPSA) is 101 Å². The number of benzene rings is 1. The zero-order chi connectivity index (χ0) is 19.0. The van der Waals surface area contributed by atoms with E-state index in [4.69, 9.17) is 0 Å². The van der Waals surface area contributed by atoms with Gasteiger partial charge in [0.15, 0.2) is 9.84 Å². The summed E-state index contributed by atoms with van der Waals surface area (Å²) in [7, 11) is -3.44. The lowest BCUT2D eigenvalue weighted by Crippen LogP contribution is -2.55. The van der Waals surface area contributed by atoms with Gasteiger partial charge in [-0.1, -0.05) is 12.8 Å². The molecule has 0 bridgehead atoms. The summed E-state index contributed by atoms with van der Waals surface area (Å²) in [5.41, 5.74) is 0.826. The fourth-order valence-electron chi connectivity index (χ4n) is 3.48. The molecule has 1 saturated carbocycles. The summed E-state index contributed by atoms with van der Waals surface area (Å²) < 4.78 is 23.7. The molecule has 0 saturated heterocycles. The van der Waals surface area contributed by atoms with Crippen molar-refractivity contribution in [2.24, 2.45) is 5.92 Å². The van der Waals surface area contributed by atoms with Crippen molar-refractivity contribution in [3.8, 4) is 0 Å². The number of aliphatic carboxylic acids is 1. The van der Waals surface area contributed by atoms with E-state index in [1.165, 1.54) is 6.07 Å². The maximum Gasteiger partial charge on any atom is 0.308 e. The highest BCUT2D eigenvalue weighted by Crippen LogP contribution is 2.34. The summed E-state index contributed by atoms with van der Waals surface area (Å²) >= 11 is 0. The number of carbonyl (C=O) groups excluding carboxylic acids is 1. The van der Waals surface area contributed by atoms with E-state index >= 15 is 0 Å². The molecule has 1 fully saturated rings. The van der Waals surface area contributed by atoms with Gasteiger partial charge in [0.1, 0.15) is 0 Å². The molecule has 0 aliphatic heterocycles. The molecular formula is C18H25NO5S. The molecule has 0 aromatic heterocycles. The first-order valence-electron chi connectivity index (χ1n) is 8.32. The van der Waals surface area contributed by atoms with Gasteiger partial charge in [0.05, 0.1) is 16.4 Å².